The van der Waals surface area contributed by atoms with Gasteiger partial charge in [-0.15, -0.1) is 0 Å². The summed E-state index contributed by atoms with van der Waals surface area (Å²) >= 11 is 5.87. The van der Waals surface area contributed by atoms with Crippen LogP contribution in [-0.4, -0.2) is 17.7 Å². The van der Waals surface area contributed by atoms with E-state index < -0.39 is 0 Å². The Kier molecular flexibility index (Phi) is 4.67. The molecule has 3 N–H and O–H groups in total. The Morgan fingerprint density at radius 2 is 2.00 bits per heavy atom. The second-order valence-electron chi connectivity index (χ2n) is 5.68. The predicted molar refractivity (Wildman–Crippen MR) is 101 cm³/mol. The molecule has 0 atom stereocenters. The van der Waals surface area contributed by atoms with Crippen LogP contribution in [-0.2, 0) is 6.42 Å². The van der Waals surface area contributed by atoms with Crippen LogP contribution in [0, 0.1) is 0 Å². The van der Waals surface area contributed by atoms with E-state index in [2.05, 4.69) is 11.9 Å². The number of nitrogens with two attached hydrogens (primary N) is 1. The van der Waals surface area contributed by atoms with Gasteiger partial charge in [0.25, 0.3) is 0 Å². The molecule has 0 fully saturated rings. The third-order valence-electron chi connectivity index (χ3n) is 3.83. The average molecular weight is 356 g/mol. The van der Waals surface area contributed by atoms with Crippen molar-refractivity contribution in [2.24, 2.45) is 5.73 Å². The van der Waals surface area contributed by atoms with Crippen molar-refractivity contribution in [1.82, 2.24) is 4.57 Å². The van der Waals surface area contributed by atoms with E-state index in [1.54, 1.807) is 42.1 Å². The van der Waals surface area contributed by atoms with Crippen molar-refractivity contribution >= 4 is 34.2 Å². The van der Waals surface area contributed by atoms with E-state index in [1.807, 2.05) is 18.2 Å². The summed E-state index contributed by atoms with van der Waals surface area (Å²) in [7, 11) is 1.60. The lowest BCUT2D eigenvalue weighted by Crippen LogP contribution is -2.18. The Morgan fingerprint density at radius 1 is 1.28 bits per heavy atom. The number of anilines is 1. The number of nitrogens with one attached hydrogen (secondary N) is 1. The molecule has 3 rings (SSSR count). The molecule has 0 unspecified atom stereocenters. The maximum absolute atomic E-state index is 12.7. The highest BCUT2D eigenvalue weighted by atomic mass is 35.5. The molecule has 1 amide bonds. The molecule has 0 saturated heterocycles. The molecule has 1 heterocycles. The topological polar surface area (TPSA) is 69.3 Å². The van der Waals surface area contributed by atoms with Gasteiger partial charge in [-0.1, -0.05) is 18.2 Å². The molecule has 6 heteroatoms. The molecule has 2 aromatic carbocycles. The van der Waals surface area contributed by atoms with Crippen molar-refractivity contribution in [2.45, 2.75) is 6.42 Å². The Bertz CT molecular complexity index is 945. The van der Waals surface area contributed by atoms with E-state index >= 15 is 0 Å². The maximum Gasteiger partial charge on any atom is 0.330 e. The van der Waals surface area contributed by atoms with Gasteiger partial charge in [-0.3, -0.25) is 4.57 Å². The summed E-state index contributed by atoms with van der Waals surface area (Å²) in [5, 5.41) is 4.36. The van der Waals surface area contributed by atoms with Gasteiger partial charge >= 0.3 is 6.03 Å². The van der Waals surface area contributed by atoms with Gasteiger partial charge in [0.05, 0.1) is 12.6 Å². The molecular formula is C19H18ClN3O2. The highest BCUT2D eigenvalue weighted by Crippen LogP contribution is 2.27. The van der Waals surface area contributed by atoms with Gasteiger partial charge in [-0.05, 0) is 48.0 Å². The van der Waals surface area contributed by atoms with E-state index in [-0.39, 0.29) is 6.03 Å². The first-order chi connectivity index (χ1) is 12.0. The summed E-state index contributed by atoms with van der Waals surface area (Å²) in [5.41, 5.74) is 8.63. The minimum absolute atomic E-state index is 0.272. The zero-order valence-corrected chi connectivity index (χ0v) is 14.5. The summed E-state index contributed by atoms with van der Waals surface area (Å²) in [6.45, 7) is 3.75. The summed E-state index contributed by atoms with van der Waals surface area (Å²) in [6, 6.07) is 12.2. The molecule has 25 heavy (non-hydrogen) atoms. The number of fused-ring (bicyclic) bond motifs is 1. The number of nitrogens with zero attached hydrogens (tertiary/aromatic N) is 1. The fourth-order valence-electron chi connectivity index (χ4n) is 2.67. The van der Waals surface area contributed by atoms with Gasteiger partial charge in [-0.2, -0.15) is 0 Å². The van der Waals surface area contributed by atoms with E-state index in [4.69, 9.17) is 22.1 Å². The smallest absolute Gasteiger partial charge is 0.330 e. The van der Waals surface area contributed by atoms with Crippen LogP contribution in [0.3, 0.4) is 0 Å². The molecule has 0 aliphatic carbocycles. The molecule has 3 aromatic rings. The van der Waals surface area contributed by atoms with Crippen molar-refractivity contribution in [1.29, 1.82) is 0 Å². The molecule has 0 saturated carbocycles. The fraction of sp³-hybridized carbons (Fsp3) is 0.105. The van der Waals surface area contributed by atoms with Crippen LogP contribution in [0.15, 0.2) is 60.9 Å². The normalized spacial score (nSPS) is 10.6. The highest BCUT2D eigenvalue weighted by Gasteiger charge is 2.15. The van der Waals surface area contributed by atoms with Crippen LogP contribution in [0.5, 0.6) is 5.75 Å². The second-order valence-corrected chi connectivity index (χ2v) is 6.12. The second kappa shape index (κ2) is 6.91. The van der Waals surface area contributed by atoms with Crippen molar-refractivity contribution in [3.63, 3.8) is 0 Å². The third kappa shape index (κ3) is 3.61. The Balaban J connectivity index is 2.01. The van der Waals surface area contributed by atoms with Gasteiger partial charge in [0, 0.05) is 34.4 Å². The van der Waals surface area contributed by atoms with E-state index in [1.165, 1.54) is 0 Å². The number of hydrogen-bond acceptors (Lipinski definition) is 3. The first kappa shape index (κ1) is 16.9. The van der Waals surface area contributed by atoms with Gasteiger partial charge < -0.3 is 15.8 Å². The lowest BCUT2D eigenvalue weighted by atomic mass is 10.1. The fourth-order valence-corrected chi connectivity index (χ4v) is 2.80. The number of aromatic nitrogens is 1. The number of amides is 1. The molecule has 0 spiro atoms. The SMILES string of the molecule is C=C(N)Cc1cn(C(=O)Nc2ccc(Cl)cc2)c2ccc(OC)cc12. The minimum Gasteiger partial charge on any atom is -0.497 e. The van der Waals surface area contributed by atoms with Crippen molar-refractivity contribution in [2.75, 3.05) is 12.4 Å². The van der Waals surface area contributed by atoms with E-state index in [9.17, 15) is 4.79 Å². The van der Waals surface area contributed by atoms with Crippen LogP contribution in [0.4, 0.5) is 10.5 Å². The van der Waals surface area contributed by atoms with Gasteiger partial charge in [-0.25, -0.2) is 4.79 Å². The Morgan fingerprint density at radius 3 is 2.64 bits per heavy atom. The molecular weight excluding hydrogens is 338 g/mol. The zero-order valence-electron chi connectivity index (χ0n) is 13.8. The molecule has 0 aliphatic rings. The summed E-state index contributed by atoms with van der Waals surface area (Å²) in [5.74, 6) is 0.715. The quantitative estimate of drug-likeness (QED) is 0.728. The van der Waals surface area contributed by atoms with Crippen LogP contribution in [0.2, 0.25) is 5.02 Å². The van der Waals surface area contributed by atoms with Crippen LogP contribution >= 0.6 is 11.6 Å². The molecule has 0 aliphatic heterocycles. The van der Waals surface area contributed by atoms with Crippen molar-refractivity contribution in [3.05, 3.63) is 71.5 Å². The molecule has 128 valence electrons. The molecule has 1 aromatic heterocycles. The number of allylic oxidation sites excluding steroid dienone is 1. The minimum atomic E-state index is -0.272. The number of methoxy groups -OCH3 is 1. The number of ether oxygens (including phenoxy) is 1. The van der Waals surface area contributed by atoms with E-state index in [0.717, 1.165) is 16.5 Å². The molecule has 0 bridgehead atoms. The Hall–Kier alpha value is -2.92. The predicted octanol–water partition coefficient (Wildman–Crippen LogP) is 4.40. The third-order valence-corrected chi connectivity index (χ3v) is 4.08. The number of benzene rings is 2. The lowest BCUT2D eigenvalue weighted by Gasteiger charge is -2.07. The van der Waals surface area contributed by atoms with Crippen molar-refractivity contribution < 1.29 is 9.53 Å². The van der Waals surface area contributed by atoms with E-state index in [0.29, 0.717) is 28.6 Å². The average Bonchev–Trinajstić information content (AvgIpc) is 2.94. The number of carbonyl (C=O) groups excluding carboxylic acids is 1. The summed E-state index contributed by atoms with van der Waals surface area (Å²) in [6.07, 6.45) is 2.25. The van der Waals surface area contributed by atoms with Gasteiger partial charge in [0.15, 0.2) is 0 Å². The van der Waals surface area contributed by atoms with Crippen LogP contribution in [0.1, 0.15) is 5.56 Å². The monoisotopic (exact) mass is 355 g/mol. The first-order valence-corrected chi connectivity index (χ1v) is 8.04. The zero-order chi connectivity index (χ0) is 18.0. The summed E-state index contributed by atoms with van der Waals surface area (Å²) in [4.78, 5) is 12.7. The van der Waals surface area contributed by atoms with Crippen LogP contribution < -0.4 is 15.8 Å². The molecule has 0 radical (unpaired) electrons. The number of carbonyl (C=O) groups is 1. The standard InChI is InChI=1S/C19H18ClN3O2/c1-12(21)9-13-11-23(18-8-7-16(25-2)10-17(13)18)19(24)22-15-5-3-14(20)4-6-15/h3-8,10-11H,1,9,21H2,2H3,(H,22,24). The van der Waals surface area contributed by atoms with Gasteiger partial charge in [0.1, 0.15) is 5.75 Å². The lowest BCUT2D eigenvalue weighted by molar-refractivity contribution is 0.254. The maximum atomic E-state index is 12.7. The molecule has 5 nitrogen and oxygen atoms in total. The Labute approximate surface area is 150 Å². The summed E-state index contributed by atoms with van der Waals surface area (Å²) < 4.78 is 6.84. The van der Waals surface area contributed by atoms with Gasteiger partial charge in [0.2, 0.25) is 0 Å². The highest BCUT2D eigenvalue weighted by molar-refractivity contribution is 6.30. The van der Waals surface area contributed by atoms with Crippen molar-refractivity contribution in [3.8, 4) is 5.75 Å². The largest absolute Gasteiger partial charge is 0.497 e. The number of hydrogen-bond donors (Lipinski definition) is 2. The number of rotatable bonds is 4. The first-order valence-electron chi connectivity index (χ1n) is 7.66. The van der Waals surface area contributed by atoms with Crippen LogP contribution in [0.25, 0.3) is 10.9 Å². The number of halogens is 1.